The summed E-state index contributed by atoms with van der Waals surface area (Å²) in [5.74, 6) is -1.74. The quantitative estimate of drug-likeness (QED) is 0.406. The second-order valence-electron chi connectivity index (χ2n) is 8.18. The van der Waals surface area contributed by atoms with Crippen LogP contribution in [0.1, 0.15) is 11.1 Å². The lowest BCUT2D eigenvalue weighted by Gasteiger charge is -2.18. The van der Waals surface area contributed by atoms with Crippen LogP contribution in [0.15, 0.2) is 58.0 Å². The van der Waals surface area contributed by atoms with E-state index < -0.39 is 30.6 Å². The molecule has 4 rings (SSSR count). The minimum absolute atomic E-state index is 0.0345. The van der Waals surface area contributed by atoms with Crippen LogP contribution in [0.25, 0.3) is 22.1 Å². The largest absolute Gasteiger partial charge is 0.454 e. The van der Waals surface area contributed by atoms with Gasteiger partial charge in [-0.1, -0.05) is 30.3 Å². The van der Waals surface area contributed by atoms with Crippen molar-refractivity contribution in [1.82, 2.24) is 14.5 Å². The monoisotopic (exact) mass is 476 g/mol. The molecule has 0 unspecified atom stereocenters. The van der Waals surface area contributed by atoms with E-state index in [0.29, 0.717) is 22.2 Å². The van der Waals surface area contributed by atoms with Gasteiger partial charge < -0.3 is 19.4 Å². The molecule has 0 aliphatic rings. The van der Waals surface area contributed by atoms with E-state index in [1.165, 1.54) is 13.4 Å². The number of para-hydroxylation sites is 2. The predicted molar refractivity (Wildman–Crippen MR) is 129 cm³/mol. The summed E-state index contributed by atoms with van der Waals surface area (Å²) in [5.41, 5.74) is 2.94. The minimum atomic E-state index is -0.800. The van der Waals surface area contributed by atoms with Crippen molar-refractivity contribution >= 4 is 45.5 Å². The fourth-order valence-corrected chi connectivity index (χ4v) is 3.66. The number of fused-ring (bicyclic) bond motifs is 3. The molecule has 2 amide bonds. The normalized spacial score (nSPS) is 10.9. The lowest BCUT2D eigenvalue weighted by atomic mass is 10.1. The molecule has 35 heavy (non-hydrogen) atoms. The van der Waals surface area contributed by atoms with Crippen molar-refractivity contribution in [1.29, 1.82) is 0 Å². The van der Waals surface area contributed by atoms with Gasteiger partial charge in [0.25, 0.3) is 11.5 Å². The van der Waals surface area contributed by atoms with Crippen LogP contribution in [-0.4, -0.2) is 52.4 Å². The van der Waals surface area contributed by atoms with E-state index in [1.807, 2.05) is 38.1 Å². The molecule has 0 atom stereocenters. The van der Waals surface area contributed by atoms with Gasteiger partial charge in [-0.2, -0.15) is 0 Å². The molecule has 0 spiro atoms. The third-order valence-electron chi connectivity index (χ3n) is 5.56. The summed E-state index contributed by atoms with van der Waals surface area (Å²) >= 11 is 0. The highest BCUT2D eigenvalue weighted by molar-refractivity contribution is 6.01. The van der Waals surface area contributed by atoms with Crippen molar-refractivity contribution in [3.63, 3.8) is 0 Å². The van der Waals surface area contributed by atoms with E-state index in [4.69, 9.17) is 9.15 Å². The number of carbonyl (C=O) groups excluding carboxylic acids is 3. The van der Waals surface area contributed by atoms with Gasteiger partial charge in [-0.15, -0.1) is 0 Å². The summed E-state index contributed by atoms with van der Waals surface area (Å²) < 4.78 is 11.7. The number of esters is 1. The van der Waals surface area contributed by atoms with Gasteiger partial charge in [0.1, 0.15) is 17.6 Å². The Balaban J connectivity index is 1.32. The number of hydrogen-bond acceptors (Lipinski definition) is 7. The summed E-state index contributed by atoms with van der Waals surface area (Å²) in [6.07, 6.45) is 1.24. The van der Waals surface area contributed by atoms with Gasteiger partial charge in [0, 0.05) is 18.1 Å². The average Bonchev–Trinajstić information content (AvgIpc) is 3.21. The maximum Gasteiger partial charge on any atom is 0.326 e. The van der Waals surface area contributed by atoms with E-state index in [0.717, 1.165) is 20.6 Å². The smallest absolute Gasteiger partial charge is 0.326 e. The number of hydrogen-bond donors (Lipinski definition) is 1. The Morgan fingerprint density at radius 1 is 1.09 bits per heavy atom. The average molecular weight is 476 g/mol. The highest BCUT2D eigenvalue weighted by atomic mass is 16.5. The molecule has 0 fully saturated rings. The predicted octanol–water partition coefficient (Wildman–Crippen LogP) is 2.40. The van der Waals surface area contributed by atoms with Crippen molar-refractivity contribution in [2.45, 2.75) is 20.4 Å². The molecule has 2 aromatic heterocycles. The lowest BCUT2D eigenvalue weighted by molar-refractivity contribution is -0.152. The zero-order chi connectivity index (χ0) is 25.1. The Kier molecular flexibility index (Phi) is 6.63. The number of amides is 2. The molecule has 0 saturated carbocycles. The Morgan fingerprint density at radius 2 is 1.80 bits per heavy atom. The molecule has 180 valence electrons. The van der Waals surface area contributed by atoms with Gasteiger partial charge in [-0.3, -0.25) is 23.7 Å². The molecule has 10 heteroatoms. The zero-order valence-electron chi connectivity index (χ0n) is 19.5. The first-order chi connectivity index (χ1) is 16.7. The van der Waals surface area contributed by atoms with E-state index in [-0.39, 0.29) is 18.0 Å². The molecule has 0 bridgehead atoms. The maximum absolute atomic E-state index is 12.7. The fourth-order valence-electron chi connectivity index (χ4n) is 3.66. The standard InChI is InChI=1S/C25H24N4O6/c1-15-7-6-8-16(2)22(15)27-19(30)11-28(3)20(31)13-34-21(32)12-29-14-26-23-17-9-4-5-10-18(17)35-24(23)25(29)33/h4-10,14H,11-13H2,1-3H3,(H,27,30). The fraction of sp³-hybridized carbons (Fsp3) is 0.240. The summed E-state index contributed by atoms with van der Waals surface area (Å²) in [6.45, 7) is 2.54. The van der Waals surface area contributed by atoms with Crippen molar-refractivity contribution < 1.29 is 23.5 Å². The third kappa shape index (κ3) is 5.06. The zero-order valence-corrected chi connectivity index (χ0v) is 19.5. The topological polar surface area (TPSA) is 124 Å². The molecule has 0 aliphatic carbocycles. The second kappa shape index (κ2) is 9.80. The van der Waals surface area contributed by atoms with E-state index in [9.17, 15) is 19.2 Å². The molecule has 4 aromatic rings. The number of furan rings is 1. The van der Waals surface area contributed by atoms with Crippen LogP contribution < -0.4 is 10.9 Å². The van der Waals surface area contributed by atoms with Gasteiger partial charge in [-0.25, -0.2) is 4.98 Å². The molecule has 0 aliphatic heterocycles. The van der Waals surface area contributed by atoms with E-state index >= 15 is 0 Å². The highest BCUT2D eigenvalue weighted by Crippen LogP contribution is 2.24. The Morgan fingerprint density at radius 3 is 2.54 bits per heavy atom. The first-order valence-corrected chi connectivity index (χ1v) is 10.9. The number of nitrogens with one attached hydrogen (secondary N) is 1. The lowest BCUT2D eigenvalue weighted by Crippen LogP contribution is -2.38. The Hall–Kier alpha value is -4.47. The first-order valence-electron chi connectivity index (χ1n) is 10.9. The first kappa shape index (κ1) is 23.7. The van der Waals surface area contributed by atoms with Crippen LogP contribution in [-0.2, 0) is 25.7 Å². The van der Waals surface area contributed by atoms with Crippen LogP contribution in [0, 0.1) is 13.8 Å². The number of aromatic nitrogens is 2. The van der Waals surface area contributed by atoms with Crippen molar-refractivity contribution in [3.8, 4) is 0 Å². The number of benzene rings is 2. The highest BCUT2D eigenvalue weighted by Gasteiger charge is 2.18. The molecule has 2 heterocycles. The Labute approximate surface area is 200 Å². The summed E-state index contributed by atoms with van der Waals surface area (Å²) in [6, 6.07) is 12.7. The van der Waals surface area contributed by atoms with Gasteiger partial charge in [0.05, 0.1) is 12.9 Å². The van der Waals surface area contributed by atoms with Crippen LogP contribution >= 0.6 is 0 Å². The van der Waals surface area contributed by atoms with Gasteiger partial charge in [-0.05, 0) is 37.1 Å². The molecule has 0 radical (unpaired) electrons. The second-order valence-corrected chi connectivity index (χ2v) is 8.18. The molecular weight excluding hydrogens is 452 g/mol. The number of nitrogens with zero attached hydrogens (tertiary/aromatic N) is 3. The van der Waals surface area contributed by atoms with Crippen molar-refractivity contribution in [3.05, 3.63) is 70.3 Å². The van der Waals surface area contributed by atoms with Crippen molar-refractivity contribution in [2.75, 3.05) is 25.5 Å². The van der Waals surface area contributed by atoms with Gasteiger partial charge >= 0.3 is 5.97 Å². The van der Waals surface area contributed by atoms with E-state index in [1.54, 1.807) is 18.2 Å². The number of carbonyl (C=O) groups is 3. The SMILES string of the molecule is Cc1cccc(C)c1NC(=O)CN(C)C(=O)COC(=O)Cn1cnc2c(oc3ccccc32)c1=O. The Bertz CT molecular complexity index is 1480. The van der Waals surface area contributed by atoms with Crippen LogP contribution in [0.3, 0.4) is 0 Å². The number of rotatable bonds is 7. The van der Waals surface area contributed by atoms with Crippen LogP contribution in [0.4, 0.5) is 5.69 Å². The molecule has 0 saturated heterocycles. The minimum Gasteiger partial charge on any atom is -0.454 e. The van der Waals surface area contributed by atoms with E-state index in [2.05, 4.69) is 10.3 Å². The molecule has 1 N–H and O–H groups in total. The summed E-state index contributed by atoms with van der Waals surface area (Å²) in [5, 5.41) is 3.50. The van der Waals surface area contributed by atoms with Crippen LogP contribution in [0.2, 0.25) is 0 Å². The molecular formula is C25H24N4O6. The summed E-state index contributed by atoms with van der Waals surface area (Å²) in [4.78, 5) is 55.0. The number of anilines is 1. The molecule has 2 aromatic carbocycles. The number of ether oxygens (including phenoxy) is 1. The molecule has 10 nitrogen and oxygen atoms in total. The third-order valence-corrected chi connectivity index (χ3v) is 5.56. The number of aryl methyl sites for hydroxylation is 2. The number of likely N-dealkylation sites (N-methyl/N-ethyl adjacent to an activating group) is 1. The maximum atomic E-state index is 12.7. The van der Waals surface area contributed by atoms with Crippen LogP contribution in [0.5, 0.6) is 0 Å². The van der Waals surface area contributed by atoms with Gasteiger partial charge in [0.15, 0.2) is 6.61 Å². The summed E-state index contributed by atoms with van der Waals surface area (Å²) in [7, 11) is 1.43. The van der Waals surface area contributed by atoms with Crippen molar-refractivity contribution in [2.24, 2.45) is 0 Å². The van der Waals surface area contributed by atoms with Gasteiger partial charge in [0.2, 0.25) is 11.5 Å².